The van der Waals surface area contributed by atoms with Crippen LogP contribution in [0.2, 0.25) is 0 Å². The predicted molar refractivity (Wildman–Crippen MR) is 99.8 cm³/mol. The van der Waals surface area contributed by atoms with Crippen LogP contribution in [0.4, 0.5) is 4.79 Å². The highest BCUT2D eigenvalue weighted by Gasteiger charge is 2.72. The number of rotatable bonds is 8. The Morgan fingerprint density at radius 1 is 1.26 bits per heavy atom. The minimum Gasteiger partial charge on any atom is -0.385 e. The van der Waals surface area contributed by atoms with Gasteiger partial charge in [0.1, 0.15) is 0 Å². The standard InChI is InChI=1S/C18H25N3O5S/c1-17(14-9-5-4-6-10-14)13-18(17,20-27(24)25)15(22)21(16(23)19-2)11-7-8-12-26-3/h4-6,9-10H,7-8,11-13H2,1-3H3,(H,19,23). The third-order valence-electron chi connectivity index (χ3n) is 5.08. The summed E-state index contributed by atoms with van der Waals surface area (Å²) in [5, 5.41) is 2.45. The molecule has 0 aliphatic heterocycles. The maximum atomic E-state index is 13.3. The molecule has 3 amide bonds. The number of carbonyl (C=O) groups excluding carboxylic acids is 2. The van der Waals surface area contributed by atoms with Crippen LogP contribution in [0.25, 0.3) is 0 Å². The Kier molecular flexibility index (Phi) is 6.72. The number of hydrogen-bond acceptors (Lipinski definition) is 6. The van der Waals surface area contributed by atoms with Crippen LogP contribution in [0.15, 0.2) is 34.7 Å². The number of amides is 3. The van der Waals surface area contributed by atoms with Crippen molar-refractivity contribution in [2.45, 2.75) is 37.1 Å². The second kappa shape index (κ2) is 8.62. The number of ether oxygens (including phenoxy) is 1. The molecule has 2 rings (SSSR count). The van der Waals surface area contributed by atoms with Gasteiger partial charge in [-0.3, -0.25) is 9.69 Å². The first-order chi connectivity index (χ1) is 12.8. The van der Waals surface area contributed by atoms with Crippen LogP contribution in [0.5, 0.6) is 0 Å². The Hall–Kier alpha value is -2.26. The molecule has 1 aromatic carbocycles. The van der Waals surface area contributed by atoms with E-state index in [0.29, 0.717) is 19.4 Å². The van der Waals surface area contributed by atoms with Crippen molar-refractivity contribution in [2.75, 3.05) is 27.3 Å². The molecule has 2 atom stereocenters. The molecule has 1 aromatic rings. The summed E-state index contributed by atoms with van der Waals surface area (Å²) < 4.78 is 31.5. The smallest absolute Gasteiger partial charge is 0.323 e. The van der Waals surface area contributed by atoms with Crippen LogP contribution in [-0.2, 0) is 25.4 Å². The Balaban J connectivity index is 2.36. The molecule has 27 heavy (non-hydrogen) atoms. The van der Waals surface area contributed by atoms with Gasteiger partial charge in [0.25, 0.3) is 5.91 Å². The fourth-order valence-corrected chi connectivity index (χ4v) is 3.99. The topological polar surface area (TPSA) is 105 Å². The molecule has 0 saturated heterocycles. The second-order valence-electron chi connectivity index (χ2n) is 6.76. The molecule has 1 aliphatic carbocycles. The summed E-state index contributed by atoms with van der Waals surface area (Å²) in [7, 11) is 0.227. The summed E-state index contributed by atoms with van der Waals surface area (Å²) in [6, 6.07) is 8.58. The molecule has 2 unspecified atom stereocenters. The number of unbranched alkanes of at least 4 members (excludes halogenated alkanes) is 1. The first-order valence-electron chi connectivity index (χ1n) is 8.73. The molecule has 8 nitrogen and oxygen atoms in total. The number of imide groups is 1. The SMILES string of the molecule is CNC(=O)N(CCCCOC)C(=O)C1(N=S(=O)=O)CC1(C)c1ccccc1. The van der Waals surface area contributed by atoms with Gasteiger partial charge in [-0.15, -0.1) is 0 Å². The maximum absolute atomic E-state index is 13.3. The Morgan fingerprint density at radius 3 is 2.48 bits per heavy atom. The van der Waals surface area contributed by atoms with Crippen LogP contribution < -0.4 is 5.32 Å². The minimum atomic E-state index is -2.78. The van der Waals surface area contributed by atoms with E-state index >= 15 is 0 Å². The average molecular weight is 395 g/mol. The van der Waals surface area contributed by atoms with Crippen molar-refractivity contribution in [3.63, 3.8) is 0 Å². The summed E-state index contributed by atoms with van der Waals surface area (Å²) in [4.78, 5) is 26.6. The molecule has 1 fully saturated rings. The molecule has 1 N–H and O–H groups in total. The van der Waals surface area contributed by atoms with Gasteiger partial charge in [0.05, 0.1) is 0 Å². The largest absolute Gasteiger partial charge is 0.385 e. The minimum absolute atomic E-state index is 0.162. The first kappa shape index (κ1) is 21.0. The molecular weight excluding hydrogens is 370 g/mol. The molecule has 1 saturated carbocycles. The van der Waals surface area contributed by atoms with Gasteiger partial charge in [0, 0.05) is 32.7 Å². The zero-order chi connectivity index (χ0) is 20.1. The van der Waals surface area contributed by atoms with E-state index < -0.39 is 33.4 Å². The van der Waals surface area contributed by atoms with Gasteiger partial charge in [0.15, 0.2) is 5.54 Å². The van der Waals surface area contributed by atoms with E-state index in [0.717, 1.165) is 10.5 Å². The number of hydrogen-bond donors (Lipinski definition) is 1. The third-order valence-corrected chi connectivity index (χ3v) is 5.54. The fraction of sp³-hybridized carbons (Fsp3) is 0.556. The Morgan fingerprint density at radius 2 is 1.93 bits per heavy atom. The zero-order valence-corrected chi connectivity index (χ0v) is 16.6. The van der Waals surface area contributed by atoms with Crippen molar-refractivity contribution < 1.29 is 22.7 Å². The van der Waals surface area contributed by atoms with E-state index in [9.17, 15) is 18.0 Å². The molecule has 1 aliphatic rings. The maximum Gasteiger partial charge on any atom is 0.323 e. The lowest BCUT2D eigenvalue weighted by molar-refractivity contribution is -0.131. The molecule has 0 bridgehead atoms. The van der Waals surface area contributed by atoms with Crippen LogP contribution in [0.3, 0.4) is 0 Å². The second-order valence-corrected chi connectivity index (χ2v) is 7.37. The van der Waals surface area contributed by atoms with Crippen LogP contribution in [-0.4, -0.2) is 58.1 Å². The summed E-state index contributed by atoms with van der Waals surface area (Å²) in [5.41, 5.74) is -1.48. The van der Waals surface area contributed by atoms with E-state index in [4.69, 9.17) is 4.74 Å². The normalized spacial score (nSPS) is 23.4. The summed E-state index contributed by atoms with van der Waals surface area (Å²) in [6.45, 7) is 2.47. The summed E-state index contributed by atoms with van der Waals surface area (Å²) in [6.07, 6.45) is 1.44. The van der Waals surface area contributed by atoms with Crippen LogP contribution in [0, 0.1) is 0 Å². The van der Waals surface area contributed by atoms with Gasteiger partial charge in [-0.25, -0.2) is 4.79 Å². The highest BCUT2D eigenvalue weighted by atomic mass is 32.2. The van der Waals surface area contributed by atoms with Crippen molar-refractivity contribution in [1.82, 2.24) is 10.2 Å². The summed E-state index contributed by atoms with van der Waals surface area (Å²) in [5.74, 6) is -0.602. The first-order valence-corrected chi connectivity index (χ1v) is 9.76. The molecule has 0 heterocycles. The monoisotopic (exact) mass is 395 g/mol. The van der Waals surface area contributed by atoms with E-state index in [-0.39, 0.29) is 13.0 Å². The van der Waals surface area contributed by atoms with Gasteiger partial charge in [0.2, 0.25) is 0 Å². The number of urea groups is 1. The fourth-order valence-electron chi connectivity index (χ4n) is 3.40. The third kappa shape index (κ3) is 4.19. The highest BCUT2D eigenvalue weighted by Crippen LogP contribution is 2.61. The molecule has 0 spiro atoms. The molecule has 0 aromatic heterocycles. The average Bonchev–Trinajstić information content (AvgIpc) is 3.27. The Labute approximate surface area is 160 Å². The van der Waals surface area contributed by atoms with Crippen molar-refractivity contribution >= 4 is 22.4 Å². The lowest BCUT2D eigenvalue weighted by Gasteiger charge is -2.25. The van der Waals surface area contributed by atoms with Crippen LogP contribution in [0.1, 0.15) is 31.7 Å². The van der Waals surface area contributed by atoms with E-state index in [2.05, 4.69) is 9.68 Å². The number of nitrogens with zero attached hydrogens (tertiary/aromatic N) is 2. The van der Waals surface area contributed by atoms with E-state index in [1.54, 1.807) is 14.0 Å². The molecule has 148 valence electrons. The summed E-state index contributed by atoms with van der Waals surface area (Å²) >= 11 is 0. The number of methoxy groups -OCH3 is 1. The molecular formula is C18H25N3O5S. The van der Waals surface area contributed by atoms with Crippen LogP contribution >= 0.6 is 0 Å². The predicted octanol–water partition coefficient (Wildman–Crippen LogP) is 1.74. The van der Waals surface area contributed by atoms with Gasteiger partial charge in [-0.2, -0.15) is 12.8 Å². The van der Waals surface area contributed by atoms with Crippen molar-refractivity contribution in [3.8, 4) is 0 Å². The van der Waals surface area contributed by atoms with Gasteiger partial charge in [-0.1, -0.05) is 37.3 Å². The highest BCUT2D eigenvalue weighted by molar-refractivity contribution is 7.61. The Bertz CT molecular complexity index is 819. The van der Waals surface area contributed by atoms with E-state index in [1.165, 1.54) is 7.05 Å². The quantitative estimate of drug-likeness (QED) is 0.675. The van der Waals surface area contributed by atoms with Crippen molar-refractivity contribution in [1.29, 1.82) is 0 Å². The molecule has 0 radical (unpaired) electrons. The number of nitrogens with one attached hydrogen (secondary N) is 1. The van der Waals surface area contributed by atoms with Gasteiger partial charge < -0.3 is 10.1 Å². The van der Waals surface area contributed by atoms with Crippen molar-refractivity contribution in [2.24, 2.45) is 4.36 Å². The number of carbonyl (C=O) groups is 2. The number of benzene rings is 1. The molecule has 9 heteroatoms. The van der Waals surface area contributed by atoms with Gasteiger partial charge in [-0.05, 0) is 24.8 Å². The lowest BCUT2D eigenvalue weighted by Crippen LogP contribution is -2.50. The van der Waals surface area contributed by atoms with Gasteiger partial charge >= 0.3 is 16.5 Å². The zero-order valence-electron chi connectivity index (χ0n) is 15.8. The van der Waals surface area contributed by atoms with Crippen molar-refractivity contribution in [3.05, 3.63) is 35.9 Å². The van der Waals surface area contributed by atoms with E-state index in [1.807, 2.05) is 30.3 Å². The lowest BCUT2D eigenvalue weighted by atomic mass is 9.92.